The highest BCUT2D eigenvalue weighted by Gasteiger charge is 2.27. The lowest BCUT2D eigenvalue weighted by molar-refractivity contribution is 0.0686. The molecule has 0 aromatic rings. The van der Waals surface area contributed by atoms with Crippen molar-refractivity contribution in [3.05, 3.63) is 0 Å². The van der Waals surface area contributed by atoms with Gasteiger partial charge in [0.1, 0.15) is 0 Å². The highest BCUT2D eigenvalue weighted by molar-refractivity contribution is 9.65. The van der Waals surface area contributed by atoms with E-state index in [1.54, 1.807) is 0 Å². The molecule has 2 saturated heterocycles. The zero-order chi connectivity index (χ0) is 12.4. The van der Waals surface area contributed by atoms with E-state index in [0.717, 1.165) is 26.3 Å². The standard InChI is InChI=1S/C11H18BrN3OS2/c12-18-11(15-6-8-16-9-7-15)13-10(17-18)14-4-2-1-3-5-14/h1-9H2. The van der Waals surface area contributed by atoms with Gasteiger partial charge in [-0.05, 0) is 52.8 Å². The fraction of sp³-hybridized carbons (Fsp3) is 0.818. The van der Waals surface area contributed by atoms with Crippen molar-refractivity contribution in [2.24, 2.45) is 4.99 Å². The summed E-state index contributed by atoms with van der Waals surface area (Å²) in [5, 5.41) is 2.43. The normalized spacial score (nSPS) is 30.7. The molecule has 2 fully saturated rings. The third kappa shape index (κ3) is 2.95. The van der Waals surface area contributed by atoms with Crippen LogP contribution in [0.3, 0.4) is 0 Å². The summed E-state index contributed by atoms with van der Waals surface area (Å²) in [4.78, 5) is 9.69. The molecule has 0 radical (unpaired) electrons. The summed E-state index contributed by atoms with van der Waals surface area (Å²) >= 11 is 3.78. The van der Waals surface area contributed by atoms with Crippen molar-refractivity contribution in [1.82, 2.24) is 9.80 Å². The Balaban J connectivity index is 1.69. The quantitative estimate of drug-likeness (QED) is 0.495. The molecule has 4 nitrogen and oxygen atoms in total. The highest BCUT2D eigenvalue weighted by atomic mass is 79.9. The minimum Gasteiger partial charge on any atom is -0.379 e. The topological polar surface area (TPSA) is 28.1 Å². The second-order valence-electron chi connectivity index (χ2n) is 4.63. The van der Waals surface area contributed by atoms with E-state index in [1.165, 1.54) is 42.6 Å². The van der Waals surface area contributed by atoms with Crippen LogP contribution in [-0.4, -0.2) is 59.5 Å². The molecular weight excluding hydrogens is 334 g/mol. The molecule has 3 heterocycles. The van der Waals surface area contributed by atoms with Crippen molar-refractivity contribution in [3.8, 4) is 0 Å². The van der Waals surface area contributed by atoms with E-state index in [4.69, 9.17) is 9.73 Å². The Hall–Kier alpha value is 0.440. The number of nitrogens with zero attached hydrogens (tertiary/aromatic N) is 3. The van der Waals surface area contributed by atoms with E-state index >= 15 is 0 Å². The molecule has 0 spiro atoms. The van der Waals surface area contributed by atoms with Crippen LogP contribution in [0.25, 0.3) is 0 Å². The van der Waals surface area contributed by atoms with Gasteiger partial charge < -0.3 is 9.64 Å². The van der Waals surface area contributed by atoms with Gasteiger partial charge in [-0.25, -0.2) is 9.89 Å². The van der Waals surface area contributed by atoms with Crippen molar-refractivity contribution in [1.29, 1.82) is 0 Å². The number of morpholine rings is 1. The zero-order valence-corrected chi connectivity index (χ0v) is 13.5. The lowest BCUT2D eigenvalue weighted by Gasteiger charge is -2.28. The maximum absolute atomic E-state index is 5.40. The van der Waals surface area contributed by atoms with Crippen molar-refractivity contribution in [2.45, 2.75) is 19.3 Å². The van der Waals surface area contributed by atoms with E-state index in [-0.39, 0.29) is 7.95 Å². The molecular formula is C11H18BrN3OS2. The van der Waals surface area contributed by atoms with Crippen LogP contribution in [0.4, 0.5) is 0 Å². The molecule has 0 amide bonds. The van der Waals surface area contributed by atoms with Gasteiger partial charge >= 0.3 is 0 Å². The number of likely N-dealkylation sites (tertiary alicyclic amines) is 1. The molecule has 0 aromatic carbocycles. The van der Waals surface area contributed by atoms with Gasteiger partial charge in [0.2, 0.25) is 0 Å². The van der Waals surface area contributed by atoms with Crippen LogP contribution in [0.5, 0.6) is 0 Å². The van der Waals surface area contributed by atoms with E-state index in [0.29, 0.717) is 0 Å². The number of amidine groups is 1. The third-order valence-electron chi connectivity index (χ3n) is 3.39. The summed E-state index contributed by atoms with van der Waals surface area (Å²) in [5.74, 6) is 0. The lowest BCUT2D eigenvalue weighted by Crippen LogP contribution is -2.40. The Morgan fingerprint density at radius 1 is 1.06 bits per heavy atom. The first kappa shape index (κ1) is 13.4. The zero-order valence-electron chi connectivity index (χ0n) is 10.3. The van der Waals surface area contributed by atoms with Gasteiger partial charge in [-0.2, -0.15) is 0 Å². The summed E-state index contributed by atoms with van der Waals surface area (Å²) in [5.41, 5.74) is 0. The molecule has 3 aliphatic rings. The molecule has 7 heteroatoms. The highest BCUT2D eigenvalue weighted by Crippen LogP contribution is 2.46. The van der Waals surface area contributed by atoms with E-state index in [2.05, 4.69) is 24.6 Å². The van der Waals surface area contributed by atoms with Gasteiger partial charge in [0, 0.05) is 26.2 Å². The average molecular weight is 352 g/mol. The molecule has 0 saturated carbocycles. The second-order valence-corrected chi connectivity index (χ2v) is 10.7. The number of aliphatic imine (C=N–C) groups is 1. The molecule has 0 N–H and O–H groups in total. The predicted octanol–water partition coefficient (Wildman–Crippen LogP) is 2.49. The van der Waals surface area contributed by atoms with E-state index in [9.17, 15) is 0 Å². The van der Waals surface area contributed by atoms with Gasteiger partial charge in [0.25, 0.3) is 0 Å². The van der Waals surface area contributed by atoms with Crippen LogP contribution in [0.2, 0.25) is 0 Å². The Morgan fingerprint density at radius 2 is 1.78 bits per heavy atom. The van der Waals surface area contributed by atoms with Crippen LogP contribution in [0, 0.1) is 0 Å². The van der Waals surface area contributed by atoms with Crippen LogP contribution in [0.15, 0.2) is 4.99 Å². The SMILES string of the molecule is BrS1=C(N2CCOCC2)N=C(N2CCCCC2)S1. The Kier molecular flexibility index (Phi) is 4.67. The predicted molar refractivity (Wildman–Crippen MR) is 84.4 cm³/mol. The van der Waals surface area contributed by atoms with E-state index in [1.807, 2.05) is 10.8 Å². The fourth-order valence-corrected chi connectivity index (χ4v) is 6.96. The molecule has 1 unspecified atom stereocenters. The molecule has 102 valence electrons. The summed E-state index contributed by atoms with van der Waals surface area (Å²) in [7, 11) is 1.91. The molecule has 0 aromatic heterocycles. The maximum atomic E-state index is 5.40. The molecule has 3 rings (SSSR count). The van der Waals surface area contributed by atoms with Crippen molar-refractivity contribution in [3.63, 3.8) is 0 Å². The number of hydrogen-bond acceptors (Lipinski definition) is 5. The fourth-order valence-electron chi connectivity index (χ4n) is 2.37. The number of rotatable bonds is 0. The van der Waals surface area contributed by atoms with Crippen molar-refractivity contribution < 1.29 is 4.74 Å². The molecule has 0 aliphatic carbocycles. The van der Waals surface area contributed by atoms with Crippen LogP contribution in [-0.2, 0) is 4.74 Å². The van der Waals surface area contributed by atoms with Gasteiger partial charge in [-0.15, -0.1) is 0 Å². The maximum Gasteiger partial charge on any atom is 0.177 e. The van der Waals surface area contributed by atoms with Gasteiger partial charge in [0.15, 0.2) is 10.3 Å². The third-order valence-corrected chi connectivity index (χ3v) is 8.06. The van der Waals surface area contributed by atoms with Gasteiger partial charge in [0.05, 0.1) is 13.2 Å². The summed E-state index contributed by atoms with van der Waals surface area (Å²) < 4.78 is 5.40. The Labute approximate surface area is 122 Å². The molecule has 1 atom stereocenters. The monoisotopic (exact) mass is 351 g/mol. The smallest absolute Gasteiger partial charge is 0.177 e. The largest absolute Gasteiger partial charge is 0.379 e. The van der Waals surface area contributed by atoms with Gasteiger partial charge in [-0.1, -0.05) is 0 Å². The number of halogens is 1. The number of ether oxygens (including phenoxy) is 1. The van der Waals surface area contributed by atoms with Crippen molar-refractivity contribution >= 4 is 43.8 Å². The Bertz CT molecular complexity index is 376. The average Bonchev–Trinajstić information content (AvgIpc) is 2.83. The summed E-state index contributed by atoms with van der Waals surface area (Å²) in [6, 6.07) is 0. The minimum absolute atomic E-state index is 0.0309. The first-order valence-corrected chi connectivity index (χ1v) is 10.9. The first-order valence-electron chi connectivity index (χ1n) is 6.47. The lowest BCUT2D eigenvalue weighted by atomic mass is 10.1. The Morgan fingerprint density at radius 3 is 2.50 bits per heavy atom. The number of piperidine rings is 1. The van der Waals surface area contributed by atoms with Crippen molar-refractivity contribution in [2.75, 3.05) is 39.4 Å². The first-order chi connectivity index (χ1) is 8.84. The summed E-state index contributed by atoms with van der Waals surface area (Å²) in [6.07, 6.45) is 3.99. The molecule has 0 bridgehead atoms. The summed E-state index contributed by atoms with van der Waals surface area (Å²) in [6.45, 7) is 5.95. The number of hydrogen-bond donors (Lipinski definition) is 0. The minimum atomic E-state index is 0.0309. The molecule has 18 heavy (non-hydrogen) atoms. The van der Waals surface area contributed by atoms with E-state index < -0.39 is 0 Å². The van der Waals surface area contributed by atoms with Crippen LogP contribution in [0.1, 0.15) is 19.3 Å². The van der Waals surface area contributed by atoms with Crippen LogP contribution < -0.4 is 0 Å². The van der Waals surface area contributed by atoms with Crippen LogP contribution >= 0.6 is 33.6 Å². The van der Waals surface area contributed by atoms with Gasteiger partial charge in [-0.3, -0.25) is 0 Å². The molecule has 3 aliphatic heterocycles. The second kappa shape index (κ2) is 6.26.